The van der Waals surface area contributed by atoms with Crippen molar-refractivity contribution in [2.24, 2.45) is 0 Å². The molecule has 0 saturated heterocycles. The molecule has 2 aromatic rings. The van der Waals surface area contributed by atoms with Gasteiger partial charge in [-0.25, -0.2) is 0 Å². The van der Waals surface area contributed by atoms with Gasteiger partial charge in [0.15, 0.2) is 5.82 Å². The molecule has 0 saturated carbocycles. The van der Waals surface area contributed by atoms with Gasteiger partial charge in [0.25, 0.3) is 0 Å². The molecule has 0 bridgehead atoms. The lowest BCUT2D eigenvalue weighted by Crippen LogP contribution is -2.04. The second kappa shape index (κ2) is 4.73. The highest BCUT2D eigenvalue weighted by atomic mass is 35.5. The normalized spacial score (nSPS) is 10.3. The Morgan fingerprint density at radius 3 is 2.65 bits per heavy atom. The average molecular weight is 270 g/mol. The van der Waals surface area contributed by atoms with Crippen LogP contribution in [0.3, 0.4) is 0 Å². The van der Waals surface area contributed by atoms with E-state index in [0.717, 1.165) is 0 Å². The Kier molecular flexibility index (Phi) is 3.31. The molecule has 0 unspecified atom stereocenters. The third kappa shape index (κ3) is 2.25. The molecule has 0 radical (unpaired) electrons. The van der Waals surface area contributed by atoms with Crippen molar-refractivity contribution in [1.82, 2.24) is 15.2 Å². The molecule has 0 aliphatic carbocycles. The standard InChI is InChI=1S/C10H9Cl2N5/c1-14-10-15-9(13)8(16-17-10)5-3-2-4-6(11)7(5)12/h2-4H,1H3,(H3,13,14,15,17). The second-order valence-corrected chi connectivity index (χ2v) is 4.01. The molecule has 7 heteroatoms. The topological polar surface area (TPSA) is 76.7 Å². The lowest BCUT2D eigenvalue weighted by molar-refractivity contribution is 0.986. The van der Waals surface area contributed by atoms with Gasteiger partial charge in [0.2, 0.25) is 5.95 Å². The fraction of sp³-hybridized carbons (Fsp3) is 0.100. The van der Waals surface area contributed by atoms with Crippen LogP contribution in [0.2, 0.25) is 10.0 Å². The van der Waals surface area contributed by atoms with Crippen LogP contribution >= 0.6 is 23.2 Å². The van der Waals surface area contributed by atoms with E-state index in [0.29, 0.717) is 27.3 Å². The molecule has 88 valence electrons. The maximum absolute atomic E-state index is 6.07. The molecule has 5 nitrogen and oxygen atoms in total. The number of nitrogens with zero attached hydrogens (tertiary/aromatic N) is 3. The molecular weight excluding hydrogens is 261 g/mol. The van der Waals surface area contributed by atoms with Gasteiger partial charge in [-0.15, -0.1) is 10.2 Å². The monoisotopic (exact) mass is 269 g/mol. The third-order valence-electron chi connectivity index (χ3n) is 2.14. The van der Waals surface area contributed by atoms with Crippen molar-refractivity contribution in [2.75, 3.05) is 18.1 Å². The van der Waals surface area contributed by atoms with Gasteiger partial charge in [-0.1, -0.05) is 35.3 Å². The van der Waals surface area contributed by atoms with Crippen LogP contribution < -0.4 is 11.1 Å². The van der Waals surface area contributed by atoms with Crippen LogP contribution in [0.1, 0.15) is 0 Å². The van der Waals surface area contributed by atoms with E-state index in [1.807, 2.05) is 0 Å². The van der Waals surface area contributed by atoms with Gasteiger partial charge >= 0.3 is 0 Å². The highest BCUT2D eigenvalue weighted by Gasteiger charge is 2.13. The zero-order valence-electron chi connectivity index (χ0n) is 8.91. The largest absolute Gasteiger partial charge is 0.382 e. The van der Waals surface area contributed by atoms with Crippen LogP contribution in [-0.4, -0.2) is 22.2 Å². The predicted molar refractivity (Wildman–Crippen MR) is 69.2 cm³/mol. The first-order chi connectivity index (χ1) is 8.13. The summed E-state index contributed by atoms with van der Waals surface area (Å²) in [7, 11) is 1.68. The zero-order valence-corrected chi connectivity index (χ0v) is 10.4. The van der Waals surface area contributed by atoms with Crippen LogP contribution in [0, 0.1) is 0 Å². The number of hydrogen-bond donors (Lipinski definition) is 2. The summed E-state index contributed by atoms with van der Waals surface area (Å²) in [4.78, 5) is 4.03. The fourth-order valence-corrected chi connectivity index (χ4v) is 1.71. The van der Waals surface area contributed by atoms with Crippen LogP contribution in [0.5, 0.6) is 0 Å². The predicted octanol–water partition coefficient (Wildman–Crippen LogP) is 2.47. The number of nitrogen functional groups attached to an aromatic ring is 1. The maximum atomic E-state index is 6.07. The average Bonchev–Trinajstić information content (AvgIpc) is 2.33. The minimum Gasteiger partial charge on any atom is -0.382 e. The van der Waals surface area contributed by atoms with Crippen LogP contribution in [0.25, 0.3) is 11.3 Å². The number of nitrogens with one attached hydrogen (secondary N) is 1. The molecule has 17 heavy (non-hydrogen) atoms. The van der Waals surface area contributed by atoms with Crippen molar-refractivity contribution in [2.45, 2.75) is 0 Å². The molecular formula is C10H9Cl2N5. The number of rotatable bonds is 2. The highest BCUT2D eigenvalue weighted by Crippen LogP contribution is 2.34. The first kappa shape index (κ1) is 11.9. The van der Waals surface area contributed by atoms with Gasteiger partial charge in [-0.05, 0) is 6.07 Å². The number of aromatic nitrogens is 3. The Morgan fingerprint density at radius 1 is 1.24 bits per heavy atom. The summed E-state index contributed by atoms with van der Waals surface area (Å²) in [6.07, 6.45) is 0. The first-order valence-electron chi connectivity index (χ1n) is 4.76. The maximum Gasteiger partial charge on any atom is 0.244 e. The van der Waals surface area contributed by atoms with Crippen molar-refractivity contribution in [3.8, 4) is 11.3 Å². The van der Waals surface area contributed by atoms with Gasteiger partial charge in [0, 0.05) is 12.6 Å². The lowest BCUT2D eigenvalue weighted by atomic mass is 10.1. The minimum absolute atomic E-state index is 0.244. The van der Waals surface area contributed by atoms with Crippen molar-refractivity contribution in [3.05, 3.63) is 28.2 Å². The number of benzene rings is 1. The Morgan fingerprint density at radius 2 is 2.00 bits per heavy atom. The number of nitrogens with two attached hydrogens (primary N) is 1. The van der Waals surface area contributed by atoms with Crippen LogP contribution in [0.15, 0.2) is 18.2 Å². The molecule has 1 heterocycles. The number of anilines is 2. The van der Waals surface area contributed by atoms with E-state index in [1.165, 1.54) is 0 Å². The van der Waals surface area contributed by atoms with Crippen molar-refractivity contribution >= 4 is 35.0 Å². The van der Waals surface area contributed by atoms with Gasteiger partial charge in [0.05, 0.1) is 10.0 Å². The first-order valence-corrected chi connectivity index (χ1v) is 5.51. The molecule has 3 N–H and O–H groups in total. The van der Waals surface area contributed by atoms with E-state index in [9.17, 15) is 0 Å². The Balaban J connectivity index is 2.57. The van der Waals surface area contributed by atoms with Crippen molar-refractivity contribution in [3.63, 3.8) is 0 Å². The van der Waals surface area contributed by atoms with Crippen molar-refractivity contribution < 1.29 is 0 Å². The van der Waals surface area contributed by atoms with Crippen LogP contribution in [0.4, 0.5) is 11.8 Å². The van der Waals surface area contributed by atoms with Gasteiger partial charge in [-0.3, -0.25) is 0 Å². The summed E-state index contributed by atoms with van der Waals surface area (Å²) in [5, 5.41) is 11.4. The molecule has 0 aliphatic rings. The van der Waals surface area contributed by atoms with E-state index in [4.69, 9.17) is 28.9 Å². The summed E-state index contributed by atoms with van der Waals surface area (Å²) in [5.74, 6) is 0.595. The van der Waals surface area contributed by atoms with Crippen molar-refractivity contribution in [1.29, 1.82) is 0 Å². The highest BCUT2D eigenvalue weighted by molar-refractivity contribution is 6.43. The van der Waals surface area contributed by atoms with E-state index in [2.05, 4.69) is 20.5 Å². The zero-order chi connectivity index (χ0) is 12.4. The van der Waals surface area contributed by atoms with E-state index in [-0.39, 0.29) is 5.82 Å². The third-order valence-corrected chi connectivity index (χ3v) is 2.96. The summed E-state index contributed by atoms with van der Waals surface area (Å²) in [6.45, 7) is 0. The Labute approximate surface area is 108 Å². The molecule has 0 fully saturated rings. The quantitative estimate of drug-likeness (QED) is 0.876. The fourth-order valence-electron chi connectivity index (χ4n) is 1.32. The number of halogens is 2. The second-order valence-electron chi connectivity index (χ2n) is 3.22. The van der Waals surface area contributed by atoms with Crippen LogP contribution in [-0.2, 0) is 0 Å². The summed E-state index contributed by atoms with van der Waals surface area (Å²) < 4.78 is 0. The molecule has 1 aromatic carbocycles. The molecule has 0 spiro atoms. The summed E-state index contributed by atoms with van der Waals surface area (Å²) >= 11 is 12.0. The molecule has 0 aliphatic heterocycles. The Bertz CT molecular complexity index is 558. The SMILES string of the molecule is CNc1nnc(-c2cccc(Cl)c2Cl)c(N)n1. The molecule has 1 aromatic heterocycles. The minimum atomic E-state index is 0.244. The summed E-state index contributed by atoms with van der Waals surface area (Å²) in [6, 6.07) is 5.21. The Hall–Kier alpha value is -1.59. The van der Waals surface area contributed by atoms with E-state index < -0.39 is 0 Å². The molecule has 0 amide bonds. The van der Waals surface area contributed by atoms with Gasteiger partial charge in [0.1, 0.15) is 5.69 Å². The smallest absolute Gasteiger partial charge is 0.244 e. The molecule has 2 rings (SSSR count). The van der Waals surface area contributed by atoms with Gasteiger partial charge < -0.3 is 11.1 Å². The lowest BCUT2D eigenvalue weighted by Gasteiger charge is -2.07. The van der Waals surface area contributed by atoms with E-state index >= 15 is 0 Å². The molecule has 0 atom stereocenters. The van der Waals surface area contributed by atoms with E-state index in [1.54, 1.807) is 25.2 Å². The summed E-state index contributed by atoms with van der Waals surface area (Å²) in [5.41, 5.74) is 6.82. The van der Waals surface area contributed by atoms with Gasteiger partial charge in [-0.2, -0.15) is 4.98 Å². The number of hydrogen-bond acceptors (Lipinski definition) is 5.